The molecule has 1 heterocycles. The van der Waals surface area contributed by atoms with Crippen molar-refractivity contribution in [2.75, 3.05) is 45.4 Å². The van der Waals surface area contributed by atoms with Gasteiger partial charge in [-0.2, -0.15) is 0 Å². The van der Waals surface area contributed by atoms with Gasteiger partial charge in [-0.05, 0) is 32.6 Å². The largest absolute Gasteiger partial charge is 0.478 e. The van der Waals surface area contributed by atoms with Crippen molar-refractivity contribution in [2.24, 2.45) is 0 Å². The summed E-state index contributed by atoms with van der Waals surface area (Å²) in [5.74, 6) is -0.429. The first kappa shape index (κ1) is 18.7. The lowest BCUT2D eigenvalue weighted by molar-refractivity contribution is 0.0669. The maximum absolute atomic E-state index is 11.7. The highest BCUT2D eigenvalue weighted by Crippen LogP contribution is 2.21. The number of carboxylic acids is 1. The number of para-hydroxylation sites is 1. The summed E-state index contributed by atoms with van der Waals surface area (Å²) in [6.45, 7) is 1.58. The first-order chi connectivity index (χ1) is 11.3. The Morgan fingerprint density at radius 2 is 2.00 bits per heavy atom. The molecule has 134 valence electrons. The first-order valence-electron chi connectivity index (χ1n) is 7.83. The number of nitrogens with zero attached hydrogens (tertiary/aromatic N) is 2. The van der Waals surface area contributed by atoms with Crippen LogP contribution < -0.4 is 4.74 Å². The Bertz CT molecular complexity index is 675. The monoisotopic (exact) mass is 356 g/mol. The van der Waals surface area contributed by atoms with Crippen LogP contribution in [0, 0.1) is 0 Å². The lowest BCUT2D eigenvalue weighted by atomic mass is 10.2. The van der Waals surface area contributed by atoms with Gasteiger partial charge in [0, 0.05) is 19.1 Å². The molecule has 1 saturated heterocycles. The van der Waals surface area contributed by atoms with E-state index in [1.54, 1.807) is 18.2 Å². The number of rotatable bonds is 8. The second kappa shape index (κ2) is 7.96. The Labute approximate surface area is 142 Å². The van der Waals surface area contributed by atoms with E-state index in [-0.39, 0.29) is 29.8 Å². The van der Waals surface area contributed by atoms with Crippen molar-refractivity contribution < 1.29 is 23.1 Å². The molecule has 1 fully saturated rings. The van der Waals surface area contributed by atoms with Gasteiger partial charge in [0.1, 0.15) is 18.0 Å². The standard InChI is InChI=1S/C16H24N2O5S/c1-17(2)8-9-18(13-7-10-24(21,22)11-13)12-23-15-6-4-3-5-14(15)16(19)20/h3-6,13H,7-12H2,1-2H3,(H,19,20). The third-order valence-electron chi connectivity index (χ3n) is 4.06. The summed E-state index contributed by atoms with van der Waals surface area (Å²) in [5.41, 5.74) is 0.101. The Morgan fingerprint density at radius 3 is 2.58 bits per heavy atom. The van der Waals surface area contributed by atoms with E-state index < -0.39 is 15.8 Å². The van der Waals surface area contributed by atoms with Gasteiger partial charge in [-0.25, -0.2) is 13.2 Å². The third kappa shape index (κ3) is 5.19. The molecule has 1 aliphatic heterocycles. The molecule has 7 nitrogen and oxygen atoms in total. The van der Waals surface area contributed by atoms with Crippen LogP contribution in [0.5, 0.6) is 5.75 Å². The van der Waals surface area contributed by atoms with Crippen LogP contribution in [0.1, 0.15) is 16.8 Å². The summed E-state index contributed by atoms with van der Waals surface area (Å²) >= 11 is 0. The number of carboxylic acid groups (broad SMARTS) is 1. The van der Waals surface area contributed by atoms with Gasteiger partial charge in [0.25, 0.3) is 0 Å². The summed E-state index contributed by atoms with van der Waals surface area (Å²) in [6, 6.07) is 6.36. The molecular formula is C16H24N2O5S. The number of aromatic carboxylic acids is 1. The van der Waals surface area contributed by atoms with Gasteiger partial charge in [0.2, 0.25) is 0 Å². The summed E-state index contributed by atoms with van der Waals surface area (Å²) < 4.78 is 29.2. The van der Waals surface area contributed by atoms with E-state index in [0.29, 0.717) is 18.7 Å². The molecule has 0 radical (unpaired) electrons. The van der Waals surface area contributed by atoms with Crippen LogP contribution in [0.3, 0.4) is 0 Å². The van der Waals surface area contributed by atoms with E-state index in [1.165, 1.54) is 6.07 Å². The van der Waals surface area contributed by atoms with Crippen LogP contribution in [0.2, 0.25) is 0 Å². The number of hydrogen-bond donors (Lipinski definition) is 1. The average molecular weight is 356 g/mol. The predicted octanol–water partition coefficient (Wildman–Crippen LogP) is 0.772. The summed E-state index contributed by atoms with van der Waals surface area (Å²) in [4.78, 5) is 15.2. The number of ether oxygens (including phenoxy) is 1. The van der Waals surface area contributed by atoms with Crippen molar-refractivity contribution in [3.05, 3.63) is 29.8 Å². The molecule has 0 bridgehead atoms. The minimum absolute atomic E-state index is 0.0908. The molecule has 1 aromatic rings. The Balaban J connectivity index is 2.07. The van der Waals surface area contributed by atoms with Gasteiger partial charge in [-0.15, -0.1) is 0 Å². The van der Waals surface area contributed by atoms with E-state index in [1.807, 2.05) is 23.9 Å². The molecule has 8 heteroatoms. The second-order valence-electron chi connectivity index (χ2n) is 6.25. The number of benzene rings is 1. The van der Waals surface area contributed by atoms with E-state index in [9.17, 15) is 18.3 Å². The minimum Gasteiger partial charge on any atom is -0.478 e. The molecular weight excluding hydrogens is 332 g/mol. The van der Waals surface area contributed by atoms with E-state index in [0.717, 1.165) is 6.54 Å². The molecule has 1 atom stereocenters. The van der Waals surface area contributed by atoms with Crippen molar-refractivity contribution in [3.63, 3.8) is 0 Å². The maximum Gasteiger partial charge on any atom is 0.339 e. The zero-order valence-electron chi connectivity index (χ0n) is 14.0. The third-order valence-corrected chi connectivity index (χ3v) is 5.81. The highest BCUT2D eigenvalue weighted by Gasteiger charge is 2.32. The molecule has 2 rings (SSSR count). The molecule has 1 unspecified atom stereocenters. The summed E-state index contributed by atoms with van der Waals surface area (Å²) in [6.07, 6.45) is 0.583. The Morgan fingerprint density at radius 1 is 1.29 bits per heavy atom. The Hall–Kier alpha value is -1.64. The van der Waals surface area contributed by atoms with Crippen LogP contribution >= 0.6 is 0 Å². The van der Waals surface area contributed by atoms with Crippen molar-refractivity contribution >= 4 is 15.8 Å². The van der Waals surface area contributed by atoms with Gasteiger partial charge in [0.15, 0.2) is 9.84 Å². The number of carbonyl (C=O) groups is 1. The fourth-order valence-corrected chi connectivity index (χ4v) is 4.43. The number of likely N-dealkylation sites (N-methyl/N-ethyl adjacent to an activating group) is 1. The van der Waals surface area contributed by atoms with Crippen molar-refractivity contribution in [1.82, 2.24) is 9.80 Å². The van der Waals surface area contributed by atoms with Crippen LogP contribution in [-0.4, -0.2) is 80.8 Å². The zero-order chi connectivity index (χ0) is 17.7. The van der Waals surface area contributed by atoms with E-state index in [4.69, 9.17) is 4.74 Å². The molecule has 1 aromatic carbocycles. The molecule has 24 heavy (non-hydrogen) atoms. The zero-order valence-corrected chi connectivity index (χ0v) is 14.8. The quantitative estimate of drug-likeness (QED) is 0.689. The highest BCUT2D eigenvalue weighted by molar-refractivity contribution is 7.91. The topological polar surface area (TPSA) is 87.2 Å². The molecule has 0 spiro atoms. The molecule has 1 aliphatic rings. The average Bonchev–Trinajstić information content (AvgIpc) is 2.87. The predicted molar refractivity (Wildman–Crippen MR) is 91.2 cm³/mol. The molecule has 0 aromatic heterocycles. The van der Waals surface area contributed by atoms with Gasteiger partial charge in [-0.1, -0.05) is 12.1 Å². The van der Waals surface area contributed by atoms with Gasteiger partial charge in [-0.3, -0.25) is 4.90 Å². The fourth-order valence-electron chi connectivity index (χ4n) is 2.67. The molecule has 1 N–H and O–H groups in total. The fraction of sp³-hybridized carbons (Fsp3) is 0.562. The normalized spacial score (nSPS) is 19.8. The molecule has 0 aliphatic carbocycles. The van der Waals surface area contributed by atoms with Crippen LogP contribution in [-0.2, 0) is 9.84 Å². The second-order valence-corrected chi connectivity index (χ2v) is 8.48. The summed E-state index contributed by atoms with van der Waals surface area (Å²) in [7, 11) is 0.909. The molecule has 0 saturated carbocycles. The maximum atomic E-state index is 11.7. The van der Waals surface area contributed by atoms with Crippen LogP contribution in [0.15, 0.2) is 24.3 Å². The molecule has 0 amide bonds. The van der Waals surface area contributed by atoms with Crippen molar-refractivity contribution in [3.8, 4) is 5.75 Å². The highest BCUT2D eigenvalue weighted by atomic mass is 32.2. The van der Waals surface area contributed by atoms with Crippen LogP contribution in [0.4, 0.5) is 0 Å². The lowest BCUT2D eigenvalue weighted by Gasteiger charge is -2.29. The van der Waals surface area contributed by atoms with Crippen LogP contribution in [0.25, 0.3) is 0 Å². The van der Waals surface area contributed by atoms with Crippen molar-refractivity contribution in [2.45, 2.75) is 12.5 Å². The number of hydrogen-bond acceptors (Lipinski definition) is 6. The van der Waals surface area contributed by atoms with Gasteiger partial charge in [0.05, 0.1) is 11.5 Å². The van der Waals surface area contributed by atoms with Gasteiger partial charge >= 0.3 is 5.97 Å². The Kier molecular flexibility index (Phi) is 6.20. The number of sulfone groups is 1. The smallest absolute Gasteiger partial charge is 0.339 e. The van der Waals surface area contributed by atoms with Gasteiger partial charge < -0.3 is 14.7 Å². The minimum atomic E-state index is -2.99. The first-order valence-corrected chi connectivity index (χ1v) is 9.65. The van der Waals surface area contributed by atoms with E-state index >= 15 is 0 Å². The lowest BCUT2D eigenvalue weighted by Crippen LogP contribution is -2.42. The SMILES string of the molecule is CN(C)CCN(COc1ccccc1C(=O)O)C1CCS(=O)(=O)C1. The summed E-state index contributed by atoms with van der Waals surface area (Å²) in [5, 5.41) is 9.21. The van der Waals surface area contributed by atoms with E-state index in [2.05, 4.69) is 0 Å². The van der Waals surface area contributed by atoms with Crippen molar-refractivity contribution in [1.29, 1.82) is 0 Å².